The van der Waals surface area contributed by atoms with Crippen molar-refractivity contribution in [3.8, 4) is 0 Å². The van der Waals surface area contributed by atoms with E-state index in [0.29, 0.717) is 0 Å². The highest BCUT2D eigenvalue weighted by molar-refractivity contribution is 7.56. The Hall–Kier alpha value is -0.480. The van der Waals surface area contributed by atoms with Crippen molar-refractivity contribution in [2.75, 3.05) is 13.3 Å². The van der Waals surface area contributed by atoms with Gasteiger partial charge < -0.3 is 0 Å². The van der Waals surface area contributed by atoms with Crippen LogP contribution in [0.4, 0.5) is 0 Å². The molecule has 0 saturated heterocycles. The number of rotatable bonds is 4. The molecule has 0 bridgehead atoms. The third-order valence-corrected chi connectivity index (χ3v) is 2.39. The molecule has 0 amide bonds. The lowest BCUT2D eigenvalue weighted by molar-refractivity contribution is 1.22. The first kappa shape index (κ1) is 12.5. The Kier molecular flexibility index (Phi) is 7.83. The maximum atomic E-state index is 2.37. The molecule has 0 aliphatic heterocycles. The van der Waals surface area contributed by atoms with E-state index in [1.807, 2.05) is 0 Å². The second-order valence-electron chi connectivity index (χ2n) is 3.22. The van der Waals surface area contributed by atoms with Crippen LogP contribution in [0.25, 0.3) is 0 Å². The first-order valence-corrected chi connectivity index (χ1v) is 7.42. The van der Waals surface area contributed by atoms with Gasteiger partial charge in [0.25, 0.3) is 0 Å². The van der Waals surface area contributed by atoms with Crippen LogP contribution in [-0.4, -0.2) is 19.1 Å². The van der Waals surface area contributed by atoms with Gasteiger partial charge in [-0.3, -0.25) is 0 Å². The molecule has 0 nitrogen and oxygen atoms in total. The van der Waals surface area contributed by atoms with Gasteiger partial charge in [0.15, 0.2) is 0 Å². The normalized spacial score (nSPS) is 13.5. The van der Waals surface area contributed by atoms with Crippen molar-refractivity contribution in [2.45, 2.75) is 20.3 Å². The van der Waals surface area contributed by atoms with Crippen molar-refractivity contribution in [2.24, 2.45) is 0 Å². The number of hydrogen-bond acceptors (Lipinski definition) is 0. The van der Waals surface area contributed by atoms with Crippen LogP contribution >= 0.6 is 7.55 Å². The van der Waals surface area contributed by atoms with Crippen LogP contribution in [0.5, 0.6) is 0 Å². The Morgan fingerprint density at radius 2 is 2.00 bits per heavy atom. The quantitative estimate of drug-likeness (QED) is 0.474. The van der Waals surface area contributed by atoms with Gasteiger partial charge in [-0.25, -0.2) is 0 Å². The minimum Gasteiger partial charge on any atom is -0.123 e. The lowest BCUT2D eigenvalue weighted by Crippen LogP contribution is -1.77. The number of allylic oxidation sites excluding steroid dienone is 6. The van der Waals surface area contributed by atoms with E-state index < -0.39 is 0 Å². The van der Waals surface area contributed by atoms with E-state index in [9.17, 15) is 0 Å². The molecule has 0 aliphatic carbocycles. The minimum atomic E-state index is -0.270. The third kappa shape index (κ3) is 7.87. The van der Waals surface area contributed by atoms with Crippen LogP contribution in [0.3, 0.4) is 0 Å². The largest absolute Gasteiger partial charge is 0.123 e. The maximum absolute atomic E-state index is 2.37. The molecule has 0 atom stereocenters. The van der Waals surface area contributed by atoms with Crippen molar-refractivity contribution in [1.82, 2.24) is 0 Å². The Labute approximate surface area is 83.4 Å². The molecule has 0 fully saturated rings. The summed E-state index contributed by atoms with van der Waals surface area (Å²) in [4.78, 5) is 0. The molecule has 0 aromatic heterocycles. The molecule has 0 aromatic rings. The first-order chi connectivity index (χ1) is 6.20. The van der Waals surface area contributed by atoms with Gasteiger partial charge in [0.2, 0.25) is 0 Å². The summed E-state index contributed by atoms with van der Waals surface area (Å²) in [5, 5.41) is 0. The molecular weight excluding hydrogens is 175 g/mol. The van der Waals surface area contributed by atoms with Gasteiger partial charge in [0.05, 0.1) is 0 Å². The topological polar surface area (TPSA) is 0 Å². The van der Waals surface area contributed by atoms with E-state index in [4.69, 9.17) is 0 Å². The van der Waals surface area contributed by atoms with Crippen LogP contribution in [0.2, 0.25) is 0 Å². The highest BCUT2D eigenvalue weighted by atomic mass is 31.1. The van der Waals surface area contributed by atoms with E-state index in [2.05, 4.69) is 63.4 Å². The van der Waals surface area contributed by atoms with Crippen molar-refractivity contribution in [3.05, 3.63) is 36.0 Å². The van der Waals surface area contributed by atoms with Crippen LogP contribution in [0.1, 0.15) is 20.3 Å². The lowest BCUT2D eigenvalue weighted by Gasteiger charge is -1.94. The molecule has 13 heavy (non-hydrogen) atoms. The van der Waals surface area contributed by atoms with Gasteiger partial charge in [-0.2, -0.15) is 0 Å². The van der Waals surface area contributed by atoms with Crippen molar-refractivity contribution in [1.29, 1.82) is 0 Å². The summed E-state index contributed by atoms with van der Waals surface area (Å²) in [5.74, 6) is 2.37. The standard InChI is InChI=1S/C12H21P/c1-5-7-8-10-12(9-6-2)11-13(3)4/h6-11,13H,5H2,1-4H3/b8-7+,9-6-,12-10+. The van der Waals surface area contributed by atoms with Crippen molar-refractivity contribution >= 4 is 13.3 Å². The molecule has 0 rings (SSSR count). The molecule has 0 unspecified atom stereocenters. The minimum absolute atomic E-state index is 0.270. The van der Waals surface area contributed by atoms with E-state index in [1.54, 1.807) is 0 Å². The summed E-state index contributed by atoms with van der Waals surface area (Å²) >= 11 is 0. The van der Waals surface area contributed by atoms with Gasteiger partial charge in [-0.15, -0.1) is 7.55 Å². The second-order valence-corrected chi connectivity index (χ2v) is 5.67. The van der Waals surface area contributed by atoms with Crippen molar-refractivity contribution in [3.63, 3.8) is 0 Å². The summed E-state index contributed by atoms with van der Waals surface area (Å²) in [6.45, 7) is 8.80. The van der Waals surface area contributed by atoms with Crippen LogP contribution in [0, 0.1) is 0 Å². The first-order valence-electron chi connectivity index (χ1n) is 4.85. The Morgan fingerprint density at radius 1 is 1.31 bits per heavy atom. The average Bonchev–Trinajstić information content (AvgIpc) is 2.04. The molecule has 0 radical (unpaired) electrons. The maximum Gasteiger partial charge on any atom is -0.0261 e. The zero-order valence-electron chi connectivity index (χ0n) is 9.17. The molecular formula is C12H21P. The fourth-order valence-electron chi connectivity index (χ4n) is 0.993. The Morgan fingerprint density at radius 3 is 2.46 bits per heavy atom. The summed E-state index contributed by atoms with van der Waals surface area (Å²) in [5.41, 5.74) is 1.34. The van der Waals surface area contributed by atoms with Crippen LogP contribution in [0.15, 0.2) is 36.0 Å². The highest BCUT2D eigenvalue weighted by Crippen LogP contribution is 2.11. The van der Waals surface area contributed by atoms with Gasteiger partial charge in [-0.1, -0.05) is 43.1 Å². The zero-order chi connectivity index (χ0) is 10.1. The van der Waals surface area contributed by atoms with Crippen LogP contribution in [-0.2, 0) is 0 Å². The predicted molar refractivity (Wildman–Crippen MR) is 68.6 cm³/mol. The molecule has 0 N–H and O–H groups in total. The van der Waals surface area contributed by atoms with E-state index in [0.717, 1.165) is 6.42 Å². The van der Waals surface area contributed by atoms with Gasteiger partial charge in [0.1, 0.15) is 0 Å². The fraction of sp³-hybridized carbons (Fsp3) is 0.417. The SMILES string of the molecule is C\C=C/C(C=[PH](C)C)=C\C=C\CC. The van der Waals surface area contributed by atoms with Gasteiger partial charge >= 0.3 is 0 Å². The van der Waals surface area contributed by atoms with Gasteiger partial charge in [0, 0.05) is 0 Å². The van der Waals surface area contributed by atoms with E-state index >= 15 is 0 Å². The van der Waals surface area contributed by atoms with Crippen LogP contribution < -0.4 is 0 Å². The fourth-order valence-corrected chi connectivity index (χ4v) is 1.85. The molecule has 1 heteroatoms. The Balaban J connectivity index is 4.50. The smallest absolute Gasteiger partial charge is 0.0261 e. The Bertz CT molecular complexity index is 238. The molecule has 0 aromatic carbocycles. The lowest BCUT2D eigenvalue weighted by atomic mass is 10.2. The molecule has 0 heterocycles. The predicted octanol–water partition coefficient (Wildman–Crippen LogP) is 3.73. The van der Waals surface area contributed by atoms with Gasteiger partial charge in [-0.05, 0) is 32.2 Å². The monoisotopic (exact) mass is 196 g/mol. The highest BCUT2D eigenvalue weighted by Gasteiger charge is 1.83. The second kappa shape index (κ2) is 8.13. The third-order valence-electron chi connectivity index (χ3n) is 1.47. The van der Waals surface area contributed by atoms with E-state index in [1.165, 1.54) is 5.57 Å². The molecule has 0 spiro atoms. The summed E-state index contributed by atoms with van der Waals surface area (Å²) in [7, 11) is -0.270. The van der Waals surface area contributed by atoms with E-state index in [-0.39, 0.29) is 7.55 Å². The average molecular weight is 196 g/mol. The molecule has 74 valence electrons. The number of hydrogen-bond donors (Lipinski definition) is 0. The van der Waals surface area contributed by atoms with Crippen molar-refractivity contribution < 1.29 is 0 Å². The summed E-state index contributed by atoms with van der Waals surface area (Å²) in [6.07, 6.45) is 11.9. The zero-order valence-corrected chi connectivity index (χ0v) is 10.2. The summed E-state index contributed by atoms with van der Waals surface area (Å²) in [6, 6.07) is 0. The molecule has 0 aliphatic rings. The molecule has 0 saturated carbocycles. The summed E-state index contributed by atoms with van der Waals surface area (Å²) < 4.78 is 0.